The van der Waals surface area contributed by atoms with Crippen molar-refractivity contribution in [2.24, 2.45) is 4.99 Å². The molecule has 0 saturated carbocycles. The van der Waals surface area contributed by atoms with Crippen molar-refractivity contribution in [1.29, 1.82) is 0 Å². The molecular weight excluding hydrogens is 387 g/mol. The second kappa shape index (κ2) is 7.37. The summed E-state index contributed by atoms with van der Waals surface area (Å²) in [5.74, 6) is -0.391. The van der Waals surface area contributed by atoms with Gasteiger partial charge in [0, 0.05) is 13.7 Å². The van der Waals surface area contributed by atoms with Crippen molar-refractivity contribution in [1.82, 2.24) is 4.57 Å². The summed E-state index contributed by atoms with van der Waals surface area (Å²) in [4.78, 5) is 17.4. The van der Waals surface area contributed by atoms with E-state index in [9.17, 15) is 4.79 Å². The number of halogens is 2. The smallest absolute Gasteiger partial charge is 0.282 e. The SMILES string of the molecule is COCCn1c(=NC(=O)c2cc(Cl)sc2Cl)sc2cc(C)ccc21. The average Bonchev–Trinajstić information content (AvgIpc) is 3.04. The molecular formula is C16H14Cl2N2O2S2. The molecule has 0 fully saturated rings. The van der Waals surface area contributed by atoms with E-state index in [1.165, 1.54) is 11.3 Å². The molecule has 0 atom stereocenters. The van der Waals surface area contributed by atoms with Crippen LogP contribution >= 0.6 is 45.9 Å². The fraction of sp³-hybridized carbons (Fsp3) is 0.250. The van der Waals surface area contributed by atoms with Crippen molar-refractivity contribution >= 4 is 62.0 Å². The van der Waals surface area contributed by atoms with Gasteiger partial charge in [-0.1, -0.05) is 40.6 Å². The first-order chi connectivity index (χ1) is 11.5. The molecule has 3 rings (SSSR count). The molecule has 0 bridgehead atoms. The summed E-state index contributed by atoms with van der Waals surface area (Å²) in [6.45, 7) is 3.18. The molecule has 0 aliphatic rings. The van der Waals surface area contributed by atoms with Crippen LogP contribution in [0.5, 0.6) is 0 Å². The minimum atomic E-state index is -0.391. The number of amides is 1. The van der Waals surface area contributed by atoms with E-state index in [1.807, 2.05) is 23.6 Å². The number of methoxy groups -OCH3 is 1. The van der Waals surface area contributed by atoms with Gasteiger partial charge < -0.3 is 9.30 Å². The Labute approximate surface area is 156 Å². The van der Waals surface area contributed by atoms with E-state index in [2.05, 4.69) is 11.1 Å². The maximum atomic E-state index is 12.5. The number of rotatable bonds is 4. The molecule has 0 aliphatic heterocycles. The Morgan fingerprint density at radius 1 is 1.29 bits per heavy atom. The minimum absolute atomic E-state index is 0.332. The van der Waals surface area contributed by atoms with Crippen LogP contribution in [-0.2, 0) is 11.3 Å². The first kappa shape index (κ1) is 17.6. The van der Waals surface area contributed by atoms with Crippen LogP contribution in [0.3, 0.4) is 0 Å². The van der Waals surface area contributed by atoms with Crippen molar-refractivity contribution in [3.8, 4) is 0 Å². The van der Waals surface area contributed by atoms with Gasteiger partial charge in [0.1, 0.15) is 4.34 Å². The fourth-order valence-electron chi connectivity index (χ4n) is 2.30. The summed E-state index contributed by atoms with van der Waals surface area (Å²) in [6, 6.07) is 7.72. The van der Waals surface area contributed by atoms with Crippen LogP contribution in [0.15, 0.2) is 29.3 Å². The van der Waals surface area contributed by atoms with Gasteiger partial charge in [0.25, 0.3) is 5.91 Å². The van der Waals surface area contributed by atoms with Crippen LogP contribution in [0.1, 0.15) is 15.9 Å². The van der Waals surface area contributed by atoms with Gasteiger partial charge in [-0.05, 0) is 30.7 Å². The summed E-state index contributed by atoms with van der Waals surface area (Å²) in [6.07, 6.45) is 0. The molecule has 4 nitrogen and oxygen atoms in total. The van der Waals surface area contributed by atoms with E-state index < -0.39 is 5.91 Å². The molecule has 8 heteroatoms. The zero-order chi connectivity index (χ0) is 17.3. The highest BCUT2D eigenvalue weighted by Gasteiger charge is 2.15. The molecule has 0 N–H and O–H groups in total. The Morgan fingerprint density at radius 2 is 2.08 bits per heavy atom. The van der Waals surface area contributed by atoms with Crippen LogP contribution in [0, 0.1) is 6.92 Å². The summed E-state index contributed by atoms with van der Waals surface area (Å²) in [5.41, 5.74) is 2.52. The van der Waals surface area contributed by atoms with Gasteiger partial charge >= 0.3 is 0 Å². The number of fused-ring (bicyclic) bond motifs is 1. The number of ether oxygens (including phenoxy) is 1. The lowest BCUT2D eigenvalue weighted by Crippen LogP contribution is -2.19. The molecule has 0 radical (unpaired) electrons. The number of aryl methyl sites for hydroxylation is 1. The van der Waals surface area contributed by atoms with Crippen LogP contribution in [0.2, 0.25) is 8.67 Å². The lowest BCUT2D eigenvalue weighted by molar-refractivity contribution is 0.0998. The van der Waals surface area contributed by atoms with Gasteiger partial charge in [0.15, 0.2) is 4.80 Å². The number of thiazole rings is 1. The summed E-state index contributed by atoms with van der Waals surface area (Å²) in [7, 11) is 1.65. The quantitative estimate of drug-likeness (QED) is 0.632. The van der Waals surface area contributed by atoms with Crippen LogP contribution in [0.25, 0.3) is 10.2 Å². The number of hydrogen-bond donors (Lipinski definition) is 0. The van der Waals surface area contributed by atoms with Gasteiger partial charge in [-0.15, -0.1) is 11.3 Å². The first-order valence-corrected chi connectivity index (χ1v) is 9.51. The Kier molecular flexibility index (Phi) is 5.42. The Balaban J connectivity index is 2.13. The number of carbonyl (C=O) groups is 1. The van der Waals surface area contributed by atoms with E-state index in [0.717, 1.165) is 27.1 Å². The van der Waals surface area contributed by atoms with Crippen molar-refractivity contribution in [2.45, 2.75) is 13.5 Å². The maximum Gasteiger partial charge on any atom is 0.282 e. The molecule has 126 valence electrons. The highest BCUT2D eigenvalue weighted by Crippen LogP contribution is 2.31. The minimum Gasteiger partial charge on any atom is -0.383 e. The van der Waals surface area contributed by atoms with Crippen molar-refractivity contribution < 1.29 is 9.53 Å². The maximum absolute atomic E-state index is 12.5. The Morgan fingerprint density at radius 3 is 2.75 bits per heavy atom. The third-order valence-corrected chi connectivity index (χ3v) is 5.97. The second-order valence-corrected chi connectivity index (χ2v) is 8.45. The molecule has 0 aliphatic carbocycles. The highest BCUT2D eigenvalue weighted by atomic mass is 35.5. The van der Waals surface area contributed by atoms with Crippen LogP contribution < -0.4 is 4.80 Å². The van der Waals surface area contributed by atoms with Gasteiger partial charge in [-0.25, -0.2) is 0 Å². The van der Waals surface area contributed by atoms with Gasteiger partial charge in [0.05, 0.1) is 26.7 Å². The number of thiophene rings is 1. The molecule has 1 amide bonds. The number of hydrogen-bond acceptors (Lipinski definition) is 4. The molecule has 0 saturated heterocycles. The second-order valence-electron chi connectivity index (χ2n) is 5.16. The standard InChI is InChI=1S/C16H14Cl2N2O2S2/c1-9-3-4-11-12(7-9)23-16(20(11)5-6-22-2)19-15(21)10-8-13(17)24-14(10)18/h3-4,7-8H,5-6H2,1-2H3. The third kappa shape index (κ3) is 3.58. The van der Waals surface area contributed by atoms with Crippen molar-refractivity contribution in [3.63, 3.8) is 0 Å². The van der Waals surface area contributed by atoms with E-state index in [4.69, 9.17) is 27.9 Å². The van der Waals surface area contributed by atoms with Gasteiger partial charge in [-0.2, -0.15) is 4.99 Å². The topological polar surface area (TPSA) is 43.6 Å². The number of carbonyl (C=O) groups excluding carboxylic acids is 1. The number of nitrogens with zero attached hydrogens (tertiary/aromatic N) is 2. The lowest BCUT2D eigenvalue weighted by atomic mass is 10.2. The molecule has 0 unspecified atom stereocenters. The predicted molar refractivity (Wildman–Crippen MR) is 101 cm³/mol. The number of benzene rings is 1. The molecule has 3 aromatic rings. The monoisotopic (exact) mass is 400 g/mol. The summed E-state index contributed by atoms with van der Waals surface area (Å²) in [5, 5.41) is 0. The molecule has 2 aromatic heterocycles. The van der Waals surface area contributed by atoms with E-state index in [-0.39, 0.29) is 0 Å². The average molecular weight is 401 g/mol. The largest absolute Gasteiger partial charge is 0.383 e. The van der Waals surface area contributed by atoms with Crippen LogP contribution in [-0.4, -0.2) is 24.2 Å². The predicted octanol–water partition coefficient (Wildman–Crippen LogP) is 4.77. The summed E-state index contributed by atoms with van der Waals surface area (Å²) < 4.78 is 9.07. The molecule has 0 spiro atoms. The Hall–Kier alpha value is -1.18. The third-order valence-electron chi connectivity index (χ3n) is 3.44. The van der Waals surface area contributed by atoms with Crippen molar-refractivity contribution in [2.75, 3.05) is 13.7 Å². The normalized spacial score (nSPS) is 12.2. The number of aromatic nitrogens is 1. The van der Waals surface area contributed by atoms with Crippen LogP contribution in [0.4, 0.5) is 0 Å². The van der Waals surface area contributed by atoms with Gasteiger partial charge in [-0.3, -0.25) is 4.79 Å². The lowest BCUT2D eigenvalue weighted by Gasteiger charge is -2.04. The Bertz CT molecular complexity index is 972. The zero-order valence-electron chi connectivity index (χ0n) is 13.0. The molecule has 2 heterocycles. The van der Waals surface area contributed by atoms with E-state index >= 15 is 0 Å². The highest BCUT2D eigenvalue weighted by molar-refractivity contribution is 7.20. The van der Waals surface area contributed by atoms with E-state index in [0.29, 0.717) is 32.2 Å². The van der Waals surface area contributed by atoms with E-state index in [1.54, 1.807) is 13.2 Å². The summed E-state index contributed by atoms with van der Waals surface area (Å²) >= 11 is 14.6. The molecule has 1 aromatic carbocycles. The zero-order valence-corrected chi connectivity index (χ0v) is 16.2. The fourth-order valence-corrected chi connectivity index (χ4v) is 4.90. The van der Waals surface area contributed by atoms with Crippen molar-refractivity contribution in [3.05, 3.63) is 48.9 Å². The van der Waals surface area contributed by atoms with Gasteiger partial charge in [0.2, 0.25) is 0 Å². The first-order valence-electron chi connectivity index (χ1n) is 7.12. The molecule has 24 heavy (non-hydrogen) atoms.